The number of nitrogens with zero attached hydrogens (tertiary/aromatic N) is 2. The molecule has 0 unspecified atom stereocenters. The van der Waals surface area contributed by atoms with Crippen molar-refractivity contribution in [3.63, 3.8) is 0 Å². The van der Waals surface area contributed by atoms with Crippen LogP contribution in [0.3, 0.4) is 0 Å². The molecule has 2 aromatic heterocycles. The van der Waals surface area contributed by atoms with E-state index in [2.05, 4.69) is 9.97 Å². The van der Waals surface area contributed by atoms with Crippen LogP contribution in [0.2, 0.25) is 0 Å². The predicted octanol–water partition coefficient (Wildman–Crippen LogP) is 4.06. The van der Waals surface area contributed by atoms with E-state index in [1.54, 1.807) is 26.1 Å². The van der Waals surface area contributed by atoms with E-state index < -0.39 is 0 Å². The molecule has 164 valence electrons. The van der Waals surface area contributed by atoms with Crippen molar-refractivity contribution < 1.29 is 14.6 Å². The molecule has 0 saturated carbocycles. The third-order valence-electron chi connectivity index (χ3n) is 4.68. The molecule has 0 atom stereocenters. The topological polar surface area (TPSA) is 95.5 Å². The molecule has 2 rings (SSSR count). The number of fused-ring (bicyclic) bond motifs is 1. The van der Waals surface area contributed by atoms with Crippen LogP contribution in [0.1, 0.15) is 38.8 Å². The Morgan fingerprint density at radius 1 is 1.26 bits per heavy atom. The molecule has 0 aliphatic heterocycles. The summed E-state index contributed by atoms with van der Waals surface area (Å²) in [4.78, 5) is 32.9. The first-order chi connectivity index (χ1) is 14.8. The summed E-state index contributed by atoms with van der Waals surface area (Å²) in [5, 5.41) is 10.8. The van der Waals surface area contributed by atoms with E-state index in [1.807, 2.05) is 45.1 Å². The van der Waals surface area contributed by atoms with Gasteiger partial charge in [-0.15, -0.1) is 0 Å². The third kappa shape index (κ3) is 5.94. The highest BCUT2D eigenvalue weighted by Crippen LogP contribution is 2.25. The minimum Gasteiger partial charge on any atom is -0.507 e. The third-order valence-corrected chi connectivity index (χ3v) is 4.68. The maximum absolute atomic E-state index is 12.5. The molecule has 0 aliphatic carbocycles. The first-order valence-corrected chi connectivity index (χ1v) is 10.1. The van der Waals surface area contributed by atoms with E-state index in [0.29, 0.717) is 46.6 Å². The Hall–Kier alpha value is -3.61. The molecule has 0 aromatic carbocycles. The zero-order chi connectivity index (χ0) is 23.0. The average molecular weight is 424 g/mol. The highest BCUT2D eigenvalue weighted by molar-refractivity contribution is 5.92. The number of pyridine rings is 2. The number of aromatic hydroxyl groups is 1. The maximum atomic E-state index is 12.5. The molecule has 31 heavy (non-hydrogen) atoms. The van der Waals surface area contributed by atoms with Gasteiger partial charge in [-0.25, -0.2) is 4.98 Å². The lowest BCUT2D eigenvalue weighted by atomic mass is 10.1. The summed E-state index contributed by atoms with van der Waals surface area (Å²) in [6.45, 7) is 7.75. The molecule has 0 spiro atoms. The number of carbonyl (C=O) groups is 1. The molecular weight excluding hydrogens is 394 g/mol. The summed E-state index contributed by atoms with van der Waals surface area (Å²) in [7, 11) is 1.69. The Morgan fingerprint density at radius 3 is 2.61 bits per heavy atom. The zero-order valence-electron chi connectivity index (χ0n) is 18.6. The highest BCUT2D eigenvalue weighted by atomic mass is 16.5. The van der Waals surface area contributed by atoms with Crippen molar-refractivity contribution in [3.8, 4) is 5.75 Å². The van der Waals surface area contributed by atoms with Gasteiger partial charge in [-0.05, 0) is 63.1 Å². The van der Waals surface area contributed by atoms with Gasteiger partial charge in [0.1, 0.15) is 22.9 Å². The number of ether oxygens (including phenoxy) is 1. The number of nitrogens with one attached hydrogen (secondary N) is 1. The van der Waals surface area contributed by atoms with Crippen LogP contribution in [0.5, 0.6) is 5.75 Å². The molecule has 2 heterocycles. The normalized spacial score (nSPS) is 12.8. The lowest BCUT2D eigenvalue weighted by Crippen LogP contribution is -2.27. The maximum Gasteiger partial charge on any atom is 0.256 e. The molecular formula is C24H29N3O4. The Bertz CT molecular complexity index is 1120. The van der Waals surface area contributed by atoms with Gasteiger partial charge in [0.15, 0.2) is 0 Å². The monoisotopic (exact) mass is 423 g/mol. The molecule has 2 N–H and O–H groups in total. The van der Waals surface area contributed by atoms with Crippen molar-refractivity contribution in [2.24, 2.45) is 0 Å². The van der Waals surface area contributed by atoms with Crippen molar-refractivity contribution in [2.45, 2.75) is 34.1 Å². The Kier molecular flexibility index (Phi) is 8.37. The van der Waals surface area contributed by atoms with Crippen molar-refractivity contribution in [1.29, 1.82) is 0 Å². The van der Waals surface area contributed by atoms with Crippen LogP contribution in [0.4, 0.5) is 0 Å². The summed E-state index contributed by atoms with van der Waals surface area (Å²) in [5.41, 5.74) is 0.891. The van der Waals surface area contributed by atoms with E-state index >= 15 is 0 Å². The van der Waals surface area contributed by atoms with Gasteiger partial charge >= 0.3 is 0 Å². The van der Waals surface area contributed by atoms with Gasteiger partial charge in [0.25, 0.3) is 5.56 Å². The number of likely N-dealkylation sites (N-methyl/N-ethyl adjacent to an activating group) is 1. The molecule has 7 heteroatoms. The van der Waals surface area contributed by atoms with Crippen molar-refractivity contribution in [2.75, 3.05) is 13.6 Å². The number of carbonyl (C=O) groups excluding carboxylic acids is 1. The standard InChI is InChI=1S/C24H29N3O4/c1-6-10-17(7-2)31-18(8-3)15-27(5)21(28)12-11-16-13-20-22(29)19(9-4)24(30)26-23(20)25-14-16/h6-8,10-14H,9,15H2,1-5H3,(H2,25,26,29,30)/b10-6-,12-11+,17-7+,18-8+. The van der Waals surface area contributed by atoms with Crippen molar-refractivity contribution >= 4 is 23.0 Å². The Balaban J connectivity index is 2.16. The van der Waals surface area contributed by atoms with Crippen molar-refractivity contribution in [3.05, 3.63) is 75.6 Å². The van der Waals surface area contributed by atoms with Gasteiger partial charge in [0.2, 0.25) is 5.91 Å². The SMILES string of the molecule is C/C=C\C(=C/C)O/C(=C/C)CN(C)C(=O)/C=C/c1cnc2[nH]c(=O)c(CC)c(O)c2c1. The van der Waals surface area contributed by atoms with E-state index in [1.165, 1.54) is 17.2 Å². The number of hydrogen-bond donors (Lipinski definition) is 2. The minimum absolute atomic E-state index is 0.0803. The Labute approximate surface area is 182 Å². The van der Waals surface area contributed by atoms with Crippen LogP contribution in [0, 0.1) is 0 Å². The fraction of sp³-hybridized carbons (Fsp3) is 0.292. The molecule has 0 saturated heterocycles. The van der Waals surface area contributed by atoms with Crippen LogP contribution in [0.15, 0.2) is 59.0 Å². The molecule has 0 bridgehead atoms. The van der Waals surface area contributed by atoms with Gasteiger partial charge in [-0.3, -0.25) is 9.59 Å². The second-order valence-electron chi connectivity index (χ2n) is 6.88. The number of hydrogen-bond acceptors (Lipinski definition) is 5. The first kappa shape index (κ1) is 23.7. The molecule has 7 nitrogen and oxygen atoms in total. The lowest BCUT2D eigenvalue weighted by molar-refractivity contribution is -0.124. The van der Waals surface area contributed by atoms with Gasteiger partial charge < -0.3 is 19.7 Å². The van der Waals surface area contributed by atoms with Gasteiger partial charge in [0.05, 0.1) is 17.5 Å². The lowest BCUT2D eigenvalue weighted by Gasteiger charge is -2.18. The number of aromatic nitrogens is 2. The van der Waals surface area contributed by atoms with Crippen LogP contribution < -0.4 is 5.56 Å². The largest absolute Gasteiger partial charge is 0.507 e. The zero-order valence-corrected chi connectivity index (χ0v) is 18.6. The van der Waals surface area contributed by atoms with E-state index in [-0.39, 0.29) is 17.2 Å². The summed E-state index contributed by atoms with van der Waals surface area (Å²) in [6, 6.07) is 1.69. The number of rotatable bonds is 8. The smallest absolute Gasteiger partial charge is 0.256 e. The van der Waals surface area contributed by atoms with Gasteiger partial charge in [0, 0.05) is 19.3 Å². The van der Waals surface area contributed by atoms with Crippen LogP contribution in [-0.2, 0) is 16.0 Å². The van der Waals surface area contributed by atoms with Crippen LogP contribution in [-0.4, -0.2) is 39.5 Å². The van der Waals surface area contributed by atoms with Crippen LogP contribution >= 0.6 is 0 Å². The summed E-state index contributed by atoms with van der Waals surface area (Å²) in [6.07, 6.45) is 12.4. The summed E-state index contributed by atoms with van der Waals surface area (Å²) in [5.74, 6) is 1.07. The van der Waals surface area contributed by atoms with Crippen molar-refractivity contribution in [1.82, 2.24) is 14.9 Å². The predicted molar refractivity (Wildman–Crippen MR) is 123 cm³/mol. The van der Waals surface area contributed by atoms with Gasteiger partial charge in [-0.2, -0.15) is 0 Å². The number of H-pyrrole nitrogens is 1. The average Bonchev–Trinajstić information content (AvgIpc) is 2.76. The molecule has 0 radical (unpaired) electrons. The molecule has 0 aliphatic rings. The second-order valence-corrected chi connectivity index (χ2v) is 6.88. The quantitative estimate of drug-likeness (QED) is 0.379. The molecule has 2 aromatic rings. The van der Waals surface area contributed by atoms with Gasteiger partial charge in [-0.1, -0.05) is 13.0 Å². The van der Waals surface area contributed by atoms with E-state index in [4.69, 9.17) is 4.74 Å². The molecule has 1 amide bonds. The number of aromatic amines is 1. The number of amides is 1. The first-order valence-electron chi connectivity index (χ1n) is 10.1. The molecule has 0 fully saturated rings. The van der Waals surface area contributed by atoms with Crippen LogP contribution in [0.25, 0.3) is 17.1 Å². The number of allylic oxidation sites excluding steroid dienone is 4. The second kappa shape index (κ2) is 11.0. The fourth-order valence-electron chi connectivity index (χ4n) is 2.93. The fourth-order valence-corrected chi connectivity index (χ4v) is 2.93. The Morgan fingerprint density at radius 2 is 2.00 bits per heavy atom. The highest BCUT2D eigenvalue weighted by Gasteiger charge is 2.12. The van der Waals surface area contributed by atoms with E-state index in [9.17, 15) is 14.7 Å². The summed E-state index contributed by atoms with van der Waals surface area (Å²) < 4.78 is 5.82. The minimum atomic E-state index is -0.349. The summed E-state index contributed by atoms with van der Waals surface area (Å²) >= 11 is 0. The van der Waals surface area contributed by atoms with E-state index in [0.717, 1.165) is 0 Å².